The van der Waals surface area contributed by atoms with Crippen molar-refractivity contribution < 1.29 is 4.74 Å². The smallest absolute Gasteiger partial charge is 0.223 e. The molecule has 0 atom stereocenters. The van der Waals surface area contributed by atoms with Gasteiger partial charge in [0, 0.05) is 30.7 Å². The minimum absolute atomic E-state index is 0.641. The summed E-state index contributed by atoms with van der Waals surface area (Å²) in [5.41, 5.74) is 2.06. The average Bonchev–Trinajstić information content (AvgIpc) is 3.28. The number of anilines is 1. The molecule has 0 bridgehead atoms. The first-order valence-corrected chi connectivity index (χ1v) is 6.91. The molecule has 5 nitrogen and oxygen atoms in total. The first kappa shape index (κ1) is 12.8. The van der Waals surface area contributed by atoms with Crippen LogP contribution in [0, 0.1) is 12.8 Å². The Hall–Kier alpha value is -2.17. The maximum Gasteiger partial charge on any atom is 0.223 e. The summed E-state index contributed by atoms with van der Waals surface area (Å²) in [6, 6.07) is 5.80. The third-order valence-corrected chi connectivity index (χ3v) is 3.21. The van der Waals surface area contributed by atoms with E-state index < -0.39 is 0 Å². The highest BCUT2D eigenvalue weighted by Gasteiger charge is 2.22. The lowest BCUT2D eigenvalue weighted by Gasteiger charge is -2.08. The van der Waals surface area contributed by atoms with Gasteiger partial charge in [0.25, 0.3) is 0 Å². The fraction of sp³-hybridized carbons (Fsp3) is 0.400. The van der Waals surface area contributed by atoms with Crippen molar-refractivity contribution in [3.05, 3.63) is 41.9 Å². The van der Waals surface area contributed by atoms with Gasteiger partial charge in [-0.25, -0.2) is 15.0 Å². The standard InChI is InChI=1S/C15H18N4O/c1-11-4-6-17-15(19-11)18-9-13-5-7-16-14(8-13)20-10-12-2-3-12/h4-8,12H,2-3,9-10H2,1H3,(H,17,18,19). The van der Waals surface area contributed by atoms with E-state index in [4.69, 9.17) is 4.74 Å². The van der Waals surface area contributed by atoms with Crippen molar-refractivity contribution in [2.24, 2.45) is 5.92 Å². The Morgan fingerprint density at radius 3 is 2.90 bits per heavy atom. The normalized spacial score (nSPS) is 14.1. The predicted octanol–water partition coefficient (Wildman–Crippen LogP) is 2.58. The van der Waals surface area contributed by atoms with Crippen molar-refractivity contribution in [1.82, 2.24) is 15.0 Å². The SMILES string of the molecule is Cc1ccnc(NCc2ccnc(OCC3CC3)c2)n1. The second-order valence-electron chi connectivity index (χ2n) is 5.13. The van der Waals surface area contributed by atoms with Gasteiger partial charge in [-0.3, -0.25) is 0 Å². The molecule has 1 N–H and O–H groups in total. The zero-order chi connectivity index (χ0) is 13.8. The fourth-order valence-electron chi connectivity index (χ4n) is 1.84. The second kappa shape index (κ2) is 5.86. The van der Waals surface area contributed by atoms with E-state index in [2.05, 4.69) is 20.3 Å². The third kappa shape index (κ3) is 3.66. The highest BCUT2D eigenvalue weighted by molar-refractivity contribution is 5.29. The van der Waals surface area contributed by atoms with Crippen molar-refractivity contribution in [3.8, 4) is 5.88 Å². The summed E-state index contributed by atoms with van der Waals surface area (Å²) in [5, 5.41) is 3.20. The van der Waals surface area contributed by atoms with Crippen LogP contribution in [0.1, 0.15) is 24.1 Å². The van der Waals surface area contributed by atoms with Gasteiger partial charge in [-0.05, 0) is 43.4 Å². The van der Waals surface area contributed by atoms with E-state index in [9.17, 15) is 0 Å². The Balaban J connectivity index is 1.57. The molecule has 0 radical (unpaired) electrons. The maximum absolute atomic E-state index is 5.67. The van der Waals surface area contributed by atoms with Gasteiger partial charge in [-0.15, -0.1) is 0 Å². The molecular weight excluding hydrogens is 252 g/mol. The van der Waals surface area contributed by atoms with Gasteiger partial charge in [-0.2, -0.15) is 0 Å². The lowest BCUT2D eigenvalue weighted by atomic mass is 10.2. The predicted molar refractivity (Wildman–Crippen MR) is 76.6 cm³/mol. The molecule has 20 heavy (non-hydrogen) atoms. The number of hydrogen-bond donors (Lipinski definition) is 1. The molecule has 2 heterocycles. The van der Waals surface area contributed by atoms with Crippen LogP contribution in [-0.2, 0) is 6.54 Å². The largest absolute Gasteiger partial charge is 0.477 e. The molecule has 0 unspecified atom stereocenters. The molecule has 1 fully saturated rings. The van der Waals surface area contributed by atoms with Gasteiger partial charge in [-0.1, -0.05) is 0 Å². The van der Waals surface area contributed by atoms with E-state index in [0.29, 0.717) is 18.4 Å². The van der Waals surface area contributed by atoms with Gasteiger partial charge >= 0.3 is 0 Å². The number of pyridine rings is 1. The Labute approximate surface area is 118 Å². The lowest BCUT2D eigenvalue weighted by molar-refractivity contribution is 0.288. The molecular formula is C15H18N4O. The summed E-state index contributed by atoms with van der Waals surface area (Å²) in [6.45, 7) is 3.39. The van der Waals surface area contributed by atoms with Crippen molar-refractivity contribution in [2.45, 2.75) is 26.3 Å². The second-order valence-corrected chi connectivity index (χ2v) is 5.13. The van der Waals surface area contributed by atoms with Crippen LogP contribution in [0.15, 0.2) is 30.6 Å². The molecule has 0 saturated heterocycles. The average molecular weight is 270 g/mol. The molecule has 2 aromatic heterocycles. The highest BCUT2D eigenvalue weighted by atomic mass is 16.5. The van der Waals surface area contributed by atoms with Crippen molar-refractivity contribution >= 4 is 5.95 Å². The number of aromatic nitrogens is 3. The Morgan fingerprint density at radius 1 is 1.25 bits per heavy atom. The van der Waals surface area contributed by atoms with Crippen molar-refractivity contribution in [3.63, 3.8) is 0 Å². The molecule has 2 aromatic rings. The number of rotatable bonds is 6. The van der Waals surface area contributed by atoms with Gasteiger partial charge in [0.15, 0.2) is 0 Å². The van der Waals surface area contributed by atoms with Crippen molar-refractivity contribution in [2.75, 3.05) is 11.9 Å². The molecule has 1 aliphatic rings. The maximum atomic E-state index is 5.67. The number of ether oxygens (including phenoxy) is 1. The molecule has 0 spiro atoms. The number of aryl methyl sites for hydroxylation is 1. The number of hydrogen-bond acceptors (Lipinski definition) is 5. The Bertz CT molecular complexity index is 584. The van der Waals surface area contributed by atoms with Crippen LogP contribution in [0.3, 0.4) is 0 Å². The molecule has 0 amide bonds. The molecule has 0 aliphatic heterocycles. The first-order valence-electron chi connectivity index (χ1n) is 6.91. The topological polar surface area (TPSA) is 59.9 Å². The van der Waals surface area contributed by atoms with Gasteiger partial charge in [0.2, 0.25) is 11.8 Å². The van der Waals surface area contributed by atoms with E-state index in [1.54, 1.807) is 12.4 Å². The lowest BCUT2D eigenvalue weighted by Crippen LogP contribution is -2.05. The minimum Gasteiger partial charge on any atom is -0.477 e. The van der Waals surface area contributed by atoms with Crippen LogP contribution in [0.2, 0.25) is 0 Å². The van der Waals surface area contributed by atoms with E-state index in [1.165, 1.54) is 12.8 Å². The summed E-state index contributed by atoms with van der Waals surface area (Å²) in [5.74, 6) is 2.07. The highest BCUT2D eigenvalue weighted by Crippen LogP contribution is 2.29. The van der Waals surface area contributed by atoms with E-state index in [-0.39, 0.29) is 0 Å². The zero-order valence-electron chi connectivity index (χ0n) is 11.5. The van der Waals surface area contributed by atoms with E-state index in [1.807, 2.05) is 25.1 Å². The summed E-state index contributed by atoms with van der Waals surface area (Å²) in [4.78, 5) is 12.7. The Kier molecular flexibility index (Phi) is 3.76. The van der Waals surface area contributed by atoms with Crippen LogP contribution < -0.4 is 10.1 Å². The molecule has 0 aromatic carbocycles. The van der Waals surface area contributed by atoms with Gasteiger partial charge in [0.1, 0.15) is 0 Å². The van der Waals surface area contributed by atoms with E-state index >= 15 is 0 Å². The molecule has 1 saturated carbocycles. The summed E-state index contributed by atoms with van der Waals surface area (Å²) in [7, 11) is 0. The van der Waals surface area contributed by atoms with Crippen LogP contribution in [-0.4, -0.2) is 21.6 Å². The van der Waals surface area contributed by atoms with Crippen LogP contribution in [0.4, 0.5) is 5.95 Å². The third-order valence-electron chi connectivity index (χ3n) is 3.21. The molecule has 3 rings (SSSR count). The van der Waals surface area contributed by atoms with Crippen LogP contribution in [0.25, 0.3) is 0 Å². The van der Waals surface area contributed by atoms with Gasteiger partial charge in [0.05, 0.1) is 6.61 Å². The summed E-state index contributed by atoms with van der Waals surface area (Å²) >= 11 is 0. The number of nitrogens with one attached hydrogen (secondary N) is 1. The number of nitrogens with zero attached hydrogens (tertiary/aromatic N) is 3. The van der Waals surface area contributed by atoms with E-state index in [0.717, 1.165) is 23.8 Å². The van der Waals surface area contributed by atoms with Crippen molar-refractivity contribution in [1.29, 1.82) is 0 Å². The zero-order valence-corrected chi connectivity index (χ0v) is 11.5. The van der Waals surface area contributed by atoms with Crippen LogP contribution >= 0.6 is 0 Å². The summed E-state index contributed by atoms with van der Waals surface area (Å²) in [6.07, 6.45) is 6.09. The summed E-state index contributed by atoms with van der Waals surface area (Å²) < 4.78 is 5.67. The quantitative estimate of drug-likeness (QED) is 0.874. The molecule has 1 aliphatic carbocycles. The Morgan fingerprint density at radius 2 is 2.10 bits per heavy atom. The van der Waals surface area contributed by atoms with Gasteiger partial charge < -0.3 is 10.1 Å². The fourth-order valence-corrected chi connectivity index (χ4v) is 1.84. The first-order chi connectivity index (χ1) is 9.79. The minimum atomic E-state index is 0.641. The van der Waals surface area contributed by atoms with Crippen LogP contribution in [0.5, 0.6) is 5.88 Å². The molecule has 104 valence electrons. The monoisotopic (exact) mass is 270 g/mol. The molecule has 5 heteroatoms.